The zero-order valence-corrected chi connectivity index (χ0v) is 14.4. The van der Waals surface area contributed by atoms with Gasteiger partial charge in [0.05, 0.1) is 24.1 Å². The van der Waals surface area contributed by atoms with E-state index in [2.05, 4.69) is 49.8 Å². The third-order valence-electron chi connectivity index (χ3n) is 4.79. The van der Waals surface area contributed by atoms with E-state index in [1.54, 1.807) is 6.20 Å². The van der Waals surface area contributed by atoms with Crippen LogP contribution in [-0.2, 0) is 19.4 Å². The molecule has 6 heteroatoms. The van der Waals surface area contributed by atoms with E-state index in [1.807, 2.05) is 12.1 Å². The van der Waals surface area contributed by atoms with Crippen molar-refractivity contribution in [1.29, 1.82) is 0 Å². The lowest BCUT2D eigenvalue weighted by molar-refractivity contribution is 0.699. The summed E-state index contributed by atoms with van der Waals surface area (Å²) in [7, 11) is 0. The molecule has 25 heavy (non-hydrogen) atoms. The molecular formula is C19H22N6. The van der Waals surface area contributed by atoms with Crippen molar-refractivity contribution >= 4 is 5.95 Å². The fourth-order valence-corrected chi connectivity index (χ4v) is 3.40. The Hall–Kier alpha value is -2.76. The Kier molecular flexibility index (Phi) is 4.41. The molecule has 0 radical (unpaired) electrons. The maximum absolute atomic E-state index is 4.61. The van der Waals surface area contributed by atoms with Gasteiger partial charge in [0, 0.05) is 11.3 Å². The van der Waals surface area contributed by atoms with Gasteiger partial charge in [-0.1, -0.05) is 30.7 Å². The van der Waals surface area contributed by atoms with Gasteiger partial charge in [0.25, 0.3) is 0 Å². The number of nitrogens with zero attached hydrogens (tertiary/aromatic N) is 4. The van der Waals surface area contributed by atoms with Crippen LogP contribution in [0.1, 0.15) is 41.8 Å². The summed E-state index contributed by atoms with van der Waals surface area (Å²) >= 11 is 0. The van der Waals surface area contributed by atoms with Crippen molar-refractivity contribution in [3.05, 3.63) is 53.0 Å². The summed E-state index contributed by atoms with van der Waals surface area (Å²) in [6.45, 7) is 2.69. The Morgan fingerprint density at radius 2 is 2.00 bits per heavy atom. The summed E-state index contributed by atoms with van der Waals surface area (Å²) in [4.78, 5) is 4.61. The molecular weight excluding hydrogens is 312 g/mol. The first-order chi connectivity index (χ1) is 12.3. The molecule has 128 valence electrons. The predicted octanol–water partition coefficient (Wildman–Crippen LogP) is 3.45. The monoisotopic (exact) mass is 334 g/mol. The maximum Gasteiger partial charge on any atom is 0.243 e. The van der Waals surface area contributed by atoms with Gasteiger partial charge >= 0.3 is 0 Å². The van der Waals surface area contributed by atoms with E-state index in [0.717, 1.165) is 29.8 Å². The third-order valence-corrected chi connectivity index (χ3v) is 4.79. The van der Waals surface area contributed by atoms with Gasteiger partial charge in [-0.25, -0.2) is 4.98 Å². The second-order valence-electron chi connectivity index (χ2n) is 6.52. The zero-order chi connectivity index (χ0) is 17.1. The Balaban J connectivity index is 1.52. The number of benzene rings is 1. The molecule has 0 aliphatic heterocycles. The molecule has 1 aromatic carbocycles. The highest BCUT2D eigenvalue weighted by Crippen LogP contribution is 2.23. The van der Waals surface area contributed by atoms with Gasteiger partial charge in [0.15, 0.2) is 0 Å². The third kappa shape index (κ3) is 3.38. The fraction of sp³-hybridized carbons (Fsp3) is 0.368. The zero-order valence-electron chi connectivity index (χ0n) is 14.4. The largest absolute Gasteiger partial charge is 0.347 e. The van der Waals surface area contributed by atoms with Gasteiger partial charge in [0.1, 0.15) is 0 Å². The molecule has 0 spiro atoms. The van der Waals surface area contributed by atoms with Crippen LogP contribution in [0.4, 0.5) is 5.95 Å². The number of aromatic amines is 1. The van der Waals surface area contributed by atoms with E-state index >= 15 is 0 Å². The first-order valence-electron chi connectivity index (χ1n) is 8.86. The standard InChI is InChI=1S/C19H22N6/c1-13-7-5-6-8-14(13)17-12-21-25-19(22-17)20-11-18-15-9-3-2-4-10-16(15)23-24-18/h5-8,12H,2-4,9-11H2,1H3,(H,23,24)(H,20,22,25). The van der Waals surface area contributed by atoms with Crippen molar-refractivity contribution in [3.63, 3.8) is 0 Å². The van der Waals surface area contributed by atoms with E-state index in [0.29, 0.717) is 12.5 Å². The molecule has 0 amide bonds. The molecule has 0 atom stereocenters. The number of rotatable bonds is 4. The average Bonchev–Trinajstić information content (AvgIpc) is 2.87. The summed E-state index contributed by atoms with van der Waals surface area (Å²) in [5.41, 5.74) is 6.81. The second-order valence-corrected chi connectivity index (χ2v) is 6.52. The molecule has 3 aromatic rings. The number of anilines is 1. The Morgan fingerprint density at radius 1 is 1.12 bits per heavy atom. The molecule has 0 saturated carbocycles. The molecule has 2 heterocycles. The second kappa shape index (κ2) is 7.01. The highest BCUT2D eigenvalue weighted by molar-refractivity contribution is 5.63. The van der Waals surface area contributed by atoms with Crippen molar-refractivity contribution in [2.24, 2.45) is 0 Å². The van der Waals surface area contributed by atoms with Crippen LogP contribution in [0.2, 0.25) is 0 Å². The van der Waals surface area contributed by atoms with Crippen molar-refractivity contribution in [1.82, 2.24) is 25.4 Å². The fourth-order valence-electron chi connectivity index (χ4n) is 3.40. The molecule has 2 aromatic heterocycles. The molecule has 0 unspecified atom stereocenters. The first-order valence-corrected chi connectivity index (χ1v) is 8.86. The van der Waals surface area contributed by atoms with Crippen molar-refractivity contribution in [2.45, 2.75) is 45.6 Å². The predicted molar refractivity (Wildman–Crippen MR) is 97.2 cm³/mol. The van der Waals surface area contributed by atoms with Crippen molar-refractivity contribution in [2.75, 3.05) is 5.32 Å². The van der Waals surface area contributed by atoms with Crippen LogP contribution in [-0.4, -0.2) is 25.4 Å². The van der Waals surface area contributed by atoms with Crippen LogP contribution < -0.4 is 5.32 Å². The Labute approximate surface area is 147 Å². The molecule has 2 N–H and O–H groups in total. The van der Waals surface area contributed by atoms with Crippen LogP contribution in [0.5, 0.6) is 0 Å². The summed E-state index contributed by atoms with van der Waals surface area (Å²) in [6, 6.07) is 8.16. The Bertz CT molecular complexity index is 870. The molecule has 1 aliphatic rings. The summed E-state index contributed by atoms with van der Waals surface area (Å²) in [5.74, 6) is 0.533. The smallest absolute Gasteiger partial charge is 0.243 e. The lowest BCUT2D eigenvalue weighted by Crippen LogP contribution is -2.07. The number of fused-ring (bicyclic) bond motifs is 1. The lowest BCUT2D eigenvalue weighted by Gasteiger charge is -2.07. The molecule has 1 aliphatic carbocycles. The van der Waals surface area contributed by atoms with Crippen LogP contribution in [0.3, 0.4) is 0 Å². The normalized spacial score (nSPS) is 14.0. The highest BCUT2D eigenvalue weighted by Gasteiger charge is 2.15. The number of nitrogens with one attached hydrogen (secondary N) is 2. The lowest BCUT2D eigenvalue weighted by atomic mass is 10.1. The van der Waals surface area contributed by atoms with Crippen LogP contribution in [0.25, 0.3) is 11.3 Å². The van der Waals surface area contributed by atoms with Crippen LogP contribution >= 0.6 is 0 Å². The molecule has 0 saturated heterocycles. The topological polar surface area (TPSA) is 79.4 Å². The quantitative estimate of drug-likeness (QED) is 0.714. The molecule has 0 bridgehead atoms. The molecule has 0 fully saturated rings. The first kappa shape index (κ1) is 15.7. The maximum atomic E-state index is 4.61. The van der Waals surface area contributed by atoms with Crippen LogP contribution in [0.15, 0.2) is 30.5 Å². The minimum absolute atomic E-state index is 0.533. The van der Waals surface area contributed by atoms with E-state index in [1.165, 1.54) is 36.1 Å². The van der Waals surface area contributed by atoms with E-state index < -0.39 is 0 Å². The minimum Gasteiger partial charge on any atom is -0.347 e. The molecule has 4 rings (SSSR count). The number of H-pyrrole nitrogens is 1. The van der Waals surface area contributed by atoms with Gasteiger partial charge < -0.3 is 5.32 Å². The SMILES string of the molecule is Cc1ccccc1-c1cnnc(NCc2n[nH]c3c2CCCCC3)n1. The molecule has 6 nitrogen and oxygen atoms in total. The number of aromatic nitrogens is 5. The minimum atomic E-state index is 0.533. The highest BCUT2D eigenvalue weighted by atomic mass is 15.2. The number of hydrogen-bond donors (Lipinski definition) is 2. The van der Waals surface area contributed by atoms with Gasteiger partial charge in [-0.3, -0.25) is 5.10 Å². The van der Waals surface area contributed by atoms with Gasteiger partial charge in [0.2, 0.25) is 5.95 Å². The van der Waals surface area contributed by atoms with Crippen molar-refractivity contribution < 1.29 is 0 Å². The van der Waals surface area contributed by atoms with Crippen LogP contribution in [0, 0.1) is 6.92 Å². The van der Waals surface area contributed by atoms with E-state index in [4.69, 9.17) is 0 Å². The van der Waals surface area contributed by atoms with Gasteiger partial charge in [-0.15, -0.1) is 5.10 Å². The summed E-state index contributed by atoms with van der Waals surface area (Å²) in [5, 5.41) is 19.2. The summed E-state index contributed by atoms with van der Waals surface area (Å²) in [6.07, 6.45) is 7.68. The number of hydrogen-bond acceptors (Lipinski definition) is 5. The van der Waals surface area contributed by atoms with Crippen molar-refractivity contribution in [3.8, 4) is 11.3 Å². The average molecular weight is 334 g/mol. The van der Waals surface area contributed by atoms with Gasteiger partial charge in [-0.2, -0.15) is 10.2 Å². The Morgan fingerprint density at radius 3 is 2.92 bits per heavy atom. The van der Waals surface area contributed by atoms with Gasteiger partial charge in [-0.05, 0) is 43.7 Å². The van der Waals surface area contributed by atoms with E-state index in [9.17, 15) is 0 Å². The number of aryl methyl sites for hydroxylation is 2. The van der Waals surface area contributed by atoms with E-state index in [-0.39, 0.29) is 0 Å². The summed E-state index contributed by atoms with van der Waals surface area (Å²) < 4.78 is 0.